The molecule has 1 unspecified atom stereocenters. The number of carbonyl (C=O) groups is 1. The zero-order valence-corrected chi connectivity index (χ0v) is 20.3. The van der Waals surface area contributed by atoms with Crippen molar-refractivity contribution in [3.8, 4) is 33.5 Å². The number of methoxy groups -OCH3 is 1. The van der Waals surface area contributed by atoms with E-state index in [9.17, 15) is 13.6 Å². The van der Waals surface area contributed by atoms with Crippen molar-refractivity contribution in [2.45, 2.75) is 13.0 Å². The Morgan fingerprint density at radius 1 is 0.919 bits per heavy atom. The molecule has 0 amide bonds. The lowest BCUT2D eigenvalue weighted by Gasteiger charge is -2.17. The van der Waals surface area contributed by atoms with Gasteiger partial charge in [0.05, 0.1) is 30.4 Å². The van der Waals surface area contributed by atoms with Crippen molar-refractivity contribution in [3.05, 3.63) is 96.5 Å². The highest BCUT2D eigenvalue weighted by Crippen LogP contribution is 2.43. The summed E-state index contributed by atoms with van der Waals surface area (Å²) in [6.45, 7) is 1.98. The van der Waals surface area contributed by atoms with Gasteiger partial charge in [-0.1, -0.05) is 12.1 Å². The lowest BCUT2D eigenvalue weighted by molar-refractivity contribution is -0.139. The number of hydrogen-bond acceptors (Lipinski definition) is 5. The maximum absolute atomic E-state index is 13.9. The van der Waals surface area contributed by atoms with Crippen LogP contribution in [0.15, 0.2) is 79.1 Å². The number of benzene rings is 2. The minimum absolute atomic E-state index is 0.0500. The summed E-state index contributed by atoms with van der Waals surface area (Å²) in [6, 6.07) is 17.9. The number of carbonyl (C=O) groups excluding carboxylic acids is 1. The number of fused-ring (bicyclic) bond motifs is 1. The molecule has 6 nitrogen and oxygen atoms in total. The van der Waals surface area contributed by atoms with Crippen molar-refractivity contribution in [1.29, 1.82) is 0 Å². The Bertz CT molecular complexity index is 1550. The topological polar surface area (TPSA) is 79.9 Å². The van der Waals surface area contributed by atoms with Gasteiger partial charge in [0.25, 0.3) is 0 Å². The minimum Gasteiger partial charge on any atom is -0.468 e. The molecular formula is C29H24F2N4O2. The van der Waals surface area contributed by atoms with Crippen LogP contribution in [-0.2, 0) is 9.53 Å². The van der Waals surface area contributed by atoms with Gasteiger partial charge in [-0.15, -0.1) is 0 Å². The summed E-state index contributed by atoms with van der Waals surface area (Å²) in [6.07, 6.45) is 3.39. The summed E-state index contributed by atoms with van der Waals surface area (Å²) in [5.74, 6) is -1.05. The average molecular weight is 499 g/mol. The fourth-order valence-corrected chi connectivity index (χ4v) is 4.34. The zero-order chi connectivity index (χ0) is 25.9. The molecule has 5 aromatic rings. The Kier molecular flexibility index (Phi) is 6.74. The van der Waals surface area contributed by atoms with E-state index in [1.807, 2.05) is 25.1 Å². The second-order valence-corrected chi connectivity index (χ2v) is 8.62. The van der Waals surface area contributed by atoms with Gasteiger partial charge in [-0.05, 0) is 72.6 Å². The first kappa shape index (κ1) is 24.3. The van der Waals surface area contributed by atoms with E-state index in [4.69, 9.17) is 9.72 Å². The molecule has 3 heterocycles. The standard InChI is InChI=1S/C29H24F2N4O2/c1-17(33-16-25(36)37-2)23-15-24-29(34-23)27(18-3-7-21(30)8-4-18)26(19-11-13-32-14-12-19)28(35-24)20-5-9-22(31)10-6-20/h3-15,17,33-34H,16H2,1-2H3. The summed E-state index contributed by atoms with van der Waals surface area (Å²) in [7, 11) is 1.34. The molecule has 0 radical (unpaired) electrons. The SMILES string of the molecule is COC(=O)CNC(C)c1cc2nc(-c3ccc(F)cc3)c(-c3ccncc3)c(-c3ccc(F)cc3)c2[nH]1. The summed E-state index contributed by atoms with van der Waals surface area (Å²) < 4.78 is 32.4. The second kappa shape index (κ2) is 10.3. The van der Waals surface area contributed by atoms with E-state index in [1.54, 1.807) is 36.7 Å². The maximum atomic E-state index is 13.9. The Morgan fingerprint density at radius 2 is 1.51 bits per heavy atom. The number of nitrogens with zero attached hydrogens (tertiary/aromatic N) is 2. The molecule has 1 atom stereocenters. The van der Waals surface area contributed by atoms with E-state index in [0.29, 0.717) is 11.2 Å². The Labute approximate surface area is 212 Å². The molecule has 0 saturated heterocycles. The van der Waals surface area contributed by atoms with E-state index in [2.05, 4.69) is 15.3 Å². The van der Waals surface area contributed by atoms with Gasteiger partial charge in [-0.2, -0.15) is 0 Å². The van der Waals surface area contributed by atoms with Crippen LogP contribution in [0.1, 0.15) is 18.7 Å². The molecule has 186 valence electrons. The number of aromatic nitrogens is 3. The number of aromatic amines is 1. The zero-order valence-electron chi connectivity index (χ0n) is 20.3. The van der Waals surface area contributed by atoms with Gasteiger partial charge < -0.3 is 9.72 Å². The van der Waals surface area contributed by atoms with Crippen LogP contribution >= 0.6 is 0 Å². The molecule has 0 aliphatic heterocycles. The van der Waals surface area contributed by atoms with Gasteiger partial charge in [-0.3, -0.25) is 15.1 Å². The van der Waals surface area contributed by atoms with Crippen molar-refractivity contribution in [1.82, 2.24) is 20.3 Å². The van der Waals surface area contributed by atoms with Crippen molar-refractivity contribution < 1.29 is 18.3 Å². The van der Waals surface area contributed by atoms with Gasteiger partial charge in [0.2, 0.25) is 0 Å². The molecule has 3 aromatic heterocycles. The minimum atomic E-state index is -0.369. The van der Waals surface area contributed by atoms with Crippen LogP contribution in [0.25, 0.3) is 44.5 Å². The molecule has 0 saturated carbocycles. The Hall–Kier alpha value is -4.43. The van der Waals surface area contributed by atoms with Crippen LogP contribution in [0.5, 0.6) is 0 Å². The lowest BCUT2D eigenvalue weighted by atomic mass is 9.90. The maximum Gasteiger partial charge on any atom is 0.319 e. The van der Waals surface area contributed by atoms with Gasteiger partial charge in [-0.25, -0.2) is 13.8 Å². The summed E-state index contributed by atoms with van der Waals surface area (Å²) in [5.41, 5.74) is 6.90. The molecule has 0 bridgehead atoms. The molecule has 5 rings (SSSR count). The van der Waals surface area contributed by atoms with E-state index in [0.717, 1.165) is 39.0 Å². The van der Waals surface area contributed by atoms with Crippen LogP contribution in [0.2, 0.25) is 0 Å². The van der Waals surface area contributed by atoms with Gasteiger partial charge >= 0.3 is 5.97 Å². The van der Waals surface area contributed by atoms with Crippen molar-refractivity contribution in [3.63, 3.8) is 0 Å². The lowest BCUT2D eigenvalue weighted by Crippen LogP contribution is -2.26. The number of nitrogens with one attached hydrogen (secondary N) is 2. The third-order valence-corrected chi connectivity index (χ3v) is 6.25. The first-order chi connectivity index (χ1) is 17.9. The van der Waals surface area contributed by atoms with E-state index in [1.165, 1.54) is 31.4 Å². The first-order valence-electron chi connectivity index (χ1n) is 11.7. The molecular weight excluding hydrogens is 474 g/mol. The summed E-state index contributed by atoms with van der Waals surface area (Å²) in [4.78, 5) is 24.3. The fraction of sp³-hybridized carbons (Fsp3) is 0.138. The predicted octanol–water partition coefficient (Wildman–Crippen LogP) is 6.06. The van der Waals surface area contributed by atoms with E-state index in [-0.39, 0.29) is 30.2 Å². The monoisotopic (exact) mass is 498 g/mol. The highest BCUT2D eigenvalue weighted by molar-refractivity contribution is 6.05. The average Bonchev–Trinajstić information content (AvgIpc) is 3.36. The molecule has 0 aliphatic carbocycles. The van der Waals surface area contributed by atoms with Crippen molar-refractivity contribution >= 4 is 17.0 Å². The first-order valence-corrected chi connectivity index (χ1v) is 11.7. The number of H-pyrrole nitrogens is 1. The Morgan fingerprint density at radius 3 is 2.14 bits per heavy atom. The van der Waals surface area contributed by atoms with Crippen molar-refractivity contribution in [2.75, 3.05) is 13.7 Å². The summed E-state index contributed by atoms with van der Waals surface area (Å²) >= 11 is 0. The van der Waals surface area contributed by atoms with Gasteiger partial charge in [0.15, 0.2) is 0 Å². The summed E-state index contributed by atoms with van der Waals surface area (Å²) in [5, 5.41) is 3.14. The highest BCUT2D eigenvalue weighted by atomic mass is 19.1. The van der Waals surface area contributed by atoms with Crippen LogP contribution in [-0.4, -0.2) is 34.6 Å². The van der Waals surface area contributed by atoms with Gasteiger partial charge in [0, 0.05) is 40.8 Å². The molecule has 2 N–H and O–H groups in total. The number of pyridine rings is 2. The highest BCUT2D eigenvalue weighted by Gasteiger charge is 2.22. The number of esters is 1. The number of halogens is 2. The molecule has 0 spiro atoms. The molecule has 37 heavy (non-hydrogen) atoms. The number of rotatable bonds is 7. The largest absolute Gasteiger partial charge is 0.468 e. The third-order valence-electron chi connectivity index (χ3n) is 6.25. The Balaban J connectivity index is 1.79. The van der Waals surface area contributed by atoms with Gasteiger partial charge in [0.1, 0.15) is 11.6 Å². The normalized spacial score (nSPS) is 12.0. The molecule has 2 aromatic carbocycles. The molecule has 0 aliphatic rings. The number of hydrogen-bond donors (Lipinski definition) is 2. The quantitative estimate of drug-likeness (QED) is 0.267. The predicted molar refractivity (Wildman–Crippen MR) is 139 cm³/mol. The fourth-order valence-electron chi connectivity index (χ4n) is 4.34. The smallest absolute Gasteiger partial charge is 0.319 e. The van der Waals surface area contributed by atoms with Crippen molar-refractivity contribution in [2.24, 2.45) is 0 Å². The van der Waals surface area contributed by atoms with E-state index < -0.39 is 0 Å². The molecule has 0 fully saturated rings. The third kappa shape index (κ3) is 4.96. The van der Waals surface area contributed by atoms with Crippen LogP contribution in [0, 0.1) is 11.6 Å². The van der Waals surface area contributed by atoms with E-state index >= 15 is 0 Å². The number of ether oxygens (including phenoxy) is 1. The van der Waals surface area contributed by atoms with Crippen LogP contribution < -0.4 is 5.32 Å². The van der Waals surface area contributed by atoms with Crippen LogP contribution in [0.4, 0.5) is 8.78 Å². The molecule has 8 heteroatoms. The second-order valence-electron chi connectivity index (χ2n) is 8.62. The van der Waals surface area contributed by atoms with Crippen LogP contribution in [0.3, 0.4) is 0 Å².